The fourth-order valence-electron chi connectivity index (χ4n) is 1.64. The zero-order valence-corrected chi connectivity index (χ0v) is 10.4. The van der Waals surface area contributed by atoms with Crippen molar-refractivity contribution < 1.29 is 18.9 Å². The van der Waals surface area contributed by atoms with Crippen LogP contribution in [0.1, 0.15) is 6.92 Å². The lowest BCUT2D eigenvalue weighted by Gasteiger charge is -2.05. The number of nitrogens with one attached hydrogen (secondary N) is 1. The molecule has 1 aromatic heterocycles. The average Bonchev–Trinajstić information content (AvgIpc) is 2.38. The summed E-state index contributed by atoms with van der Waals surface area (Å²) < 4.78 is 9.80. The normalized spacial score (nSPS) is 10.2. The van der Waals surface area contributed by atoms with Crippen LogP contribution in [0.15, 0.2) is 33.5 Å². The maximum absolute atomic E-state index is 12.0. The second-order valence-corrected chi connectivity index (χ2v) is 3.71. The minimum Gasteiger partial charge on any atom is -0.450 e. The van der Waals surface area contributed by atoms with Gasteiger partial charge in [-0.3, -0.25) is 20.2 Å². The van der Waals surface area contributed by atoms with Crippen LogP contribution in [-0.2, 0) is 4.74 Å². The molecule has 1 N–H and O–H groups in total. The number of carbonyl (C=O) groups is 1. The number of benzene rings is 1. The van der Waals surface area contributed by atoms with Gasteiger partial charge in [0, 0.05) is 0 Å². The Labute approximate surface area is 112 Å². The largest absolute Gasteiger partial charge is 0.450 e. The molecule has 0 atom stereocenters. The molecule has 2 rings (SSSR count). The summed E-state index contributed by atoms with van der Waals surface area (Å²) in [6, 6.07) is 6.03. The Hall–Kier alpha value is -2.90. The van der Waals surface area contributed by atoms with Gasteiger partial charge < -0.3 is 9.15 Å². The number of nitrogens with zero attached hydrogens (tertiary/aromatic N) is 1. The van der Waals surface area contributed by atoms with Crippen molar-refractivity contribution in [1.82, 2.24) is 0 Å². The van der Waals surface area contributed by atoms with Crippen LogP contribution in [0.5, 0.6) is 0 Å². The van der Waals surface area contributed by atoms with Crippen molar-refractivity contribution in [3.63, 3.8) is 0 Å². The summed E-state index contributed by atoms with van der Waals surface area (Å²) in [5.41, 5.74) is -1.53. The second kappa shape index (κ2) is 5.39. The molecule has 20 heavy (non-hydrogen) atoms. The fourth-order valence-corrected chi connectivity index (χ4v) is 1.64. The Bertz CT molecular complexity index is 736. The molecule has 1 heterocycles. The number of ether oxygens (including phenoxy) is 1. The van der Waals surface area contributed by atoms with Gasteiger partial charge in [-0.05, 0) is 19.1 Å². The summed E-state index contributed by atoms with van der Waals surface area (Å²) in [6.45, 7) is 1.65. The smallest absolute Gasteiger partial charge is 0.414 e. The van der Waals surface area contributed by atoms with E-state index in [4.69, 9.17) is 4.42 Å². The Morgan fingerprint density at radius 2 is 2.15 bits per heavy atom. The predicted molar refractivity (Wildman–Crippen MR) is 69.8 cm³/mol. The van der Waals surface area contributed by atoms with Crippen LogP contribution in [0, 0.1) is 10.1 Å². The van der Waals surface area contributed by atoms with Gasteiger partial charge in [-0.15, -0.1) is 0 Å². The second-order valence-electron chi connectivity index (χ2n) is 3.71. The molecule has 1 amide bonds. The lowest BCUT2D eigenvalue weighted by Crippen LogP contribution is -2.18. The van der Waals surface area contributed by atoms with Gasteiger partial charge in [0.2, 0.25) is 0 Å². The zero-order valence-electron chi connectivity index (χ0n) is 10.4. The van der Waals surface area contributed by atoms with Gasteiger partial charge in [0.25, 0.3) is 11.3 Å². The van der Waals surface area contributed by atoms with Gasteiger partial charge in [-0.1, -0.05) is 12.1 Å². The van der Waals surface area contributed by atoms with Gasteiger partial charge in [0.05, 0.1) is 16.9 Å². The maximum atomic E-state index is 12.0. The van der Waals surface area contributed by atoms with Crippen molar-refractivity contribution in [3.8, 4) is 0 Å². The molecule has 0 saturated heterocycles. The Morgan fingerprint density at radius 3 is 2.80 bits per heavy atom. The third kappa shape index (κ3) is 2.44. The molecule has 0 bridgehead atoms. The van der Waals surface area contributed by atoms with E-state index in [0.717, 1.165) is 0 Å². The van der Waals surface area contributed by atoms with Crippen molar-refractivity contribution in [2.75, 3.05) is 11.9 Å². The SMILES string of the molecule is CCOC(=O)Nc1oc2ccccc2c(=O)c1[N+](=O)[O-]. The van der Waals surface area contributed by atoms with Crippen molar-refractivity contribution >= 4 is 28.6 Å². The maximum Gasteiger partial charge on any atom is 0.414 e. The van der Waals surface area contributed by atoms with Crippen molar-refractivity contribution in [2.45, 2.75) is 6.92 Å². The first-order valence-electron chi connectivity index (χ1n) is 5.68. The van der Waals surface area contributed by atoms with Crippen molar-refractivity contribution in [3.05, 3.63) is 44.6 Å². The fraction of sp³-hybridized carbons (Fsp3) is 0.167. The standard InChI is InChI=1S/C12H10N2O6/c1-2-19-12(16)13-11-9(14(17)18)10(15)7-5-3-4-6-8(7)20-11/h3-6H,2H2,1H3,(H,13,16). The molecule has 0 aliphatic heterocycles. The highest BCUT2D eigenvalue weighted by atomic mass is 16.6. The van der Waals surface area contributed by atoms with Crippen LogP contribution in [0.3, 0.4) is 0 Å². The van der Waals surface area contributed by atoms with E-state index in [1.807, 2.05) is 0 Å². The third-order valence-electron chi connectivity index (χ3n) is 2.45. The van der Waals surface area contributed by atoms with Gasteiger partial charge in [0.15, 0.2) is 0 Å². The van der Waals surface area contributed by atoms with E-state index in [1.165, 1.54) is 12.1 Å². The highest BCUT2D eigenvalue weighted by Gasteiger charge is 2.26. The van der Waals surface area contributed by atoms with Crippen molar-refractivity contribution in [2.24, 2.45) is 0 Å². The van der Waals surface area contributed by atoms with Crippen LogP contribution in [-0.4, -0.2) is 17.6 Å². The van der Waals surface area contributed by atoms with Crippen LogP contribution in [0.2, 0.25) is 0 Å². The van der Waals surface area contributed by atoms with Crippen LogP contribution in [0.4, 0.5) is 16.4 Å². The third-order valence-corrected chi connectivity index (χ3v) is 2.45. The van der Waals surface area contributed by atoms with Gasteiger partial charge >= 0.3 is 11.8 Å². The molecule has 0 radical (unpaired) electrons. The molecule has 1 aromatic carbocycles. The number of anilines is 1. The first kappa shape index (κ1) is 13.5. The molecular weight excluding hydrogens is 268 g/mol. The van der Waals surface area contributed by atoms with Gasteiger partial charge in [0.1, 0.15) is 5.58 Å². The lowest BCUT2D eigenvalue weighted by molar-refractivity contribution is -0.385. The summed E-state index contributed by atoms with van der Waals surface area (Å²) in [5, 5.41) is 13.1. The summed E-state index contributed by atoms with van der Waals surface area (Å²) in [7, 11) is 0. The topological polar surface area (TPSA) is 112 Å². The zero-order chi connectivity index (χ0) is 14.7. The van der Waals surface area contributed by atoms with Gasteiger partial charge in [-0.25, -0.2) is 4.79 Å². The molecule has 0 aliphatic carbocycles. The highest BCUT2D eigenvalue weighted by Crippen LogP contribution is 2.25. The van der Waals surface area contributed by atoms with Crippen LogP contribution < -0.4 is 10.7 Å². The molecular formula is C12H10N2O6. The first-order chi connectivity index (χ1) is 9.54. The number of rotatable bonds is 3. The number of amides is 1. The summed E-state index contributed by atoms with van der Waals surface area (Å²) in [6.07, 6.45) is -0.936. The highest BCUT2D eigenvalue weighted by molar-refractivity contribution is 5.89. The molecule has 0 unspecified atom stereocenters. The minimum atomic E-state index is -0.936. The quantitative estimate of drug-likeness (QED) is 0.680. The predicted octanol–water partition coefficient (Wildman–Crippen LogP) is 2.27. The van der Waals surface area contributed by atoms with E-state index in [0.29, 0.717) is 0 Å². The lowest BCUT2D eigenvalue weighted by atomic mass is 10.2. The number of para-hydroxylation sites is 1. The number of carbonyl (C=O) groups excluding carboxylic acids is 1. The molecule has 8 heteroatoms. The summed E-state index contributed by atoms with van der Waals surface area (Å²) >= 11 is 0. The molecule has 2 aromatic rings. The van der Waals surface area contributed by atoms with E-state index in [2.05, 4.69) is 10.1 Å². The van der Waals surface area contributed by atoms with E-state index in [1.54, 1.807) is 19.1 Å². The molecule has 104 valence electrons. The molecule has 0 saturated carbocycles. The number of fused-ring (bicyclic) bond motifs is 1. The van der Waals surface area contributed by atoms with E-state index < -0.39 is 28.0 Å². The van der Waals surface area contributed by atoms with E-state index in [-0.39, 0.29) is 17.6 Å². The monoisotopic (exact) mass is 278 g/mol. The number of nitro groups is 1. The number of hydrogen-bond acceptors (Lipinski definition) is 6. The summed E-state index contributed by atoms with van der Waals surface area (Å²) in [5.74, 6) is -0.544. The molecule has 0 spiro atoms. The summed E-state index contributed by atoms with van der Waals surface area (Å²) in [4.78, 5) is 33.4. The molecule has 0 aliphatic rings. The number of hydrogen-bond donors (Lipinski definition) is 1. The average molecular weight is 278 g/mol. The van der Waals surface area contributed by atoms with Crippen LogP contribution in [0.25, 0.3) is 11.0 Å². The van der Waals surface area contributed by atoms with Crippen LogP contribution >= 0.6 is 0 Å². The minimum absolute atomic E-state index is 0.0635. The van der Waals surface area contributed by atoms with E-state index in [9.17, 15) is 19.7 Å². The van der Waals surface area contributed by atoms with Gasteiger partial charge in [-0.2, -0.15) is 0 Å². The molecule has 8 nitrogen and oxygen atoms in total. The first-order valence-corrected chi connectivity index (χ1v) is 5.68. The molecule has 0 fully saturated rings. The van der Waals surface area contributed by atoms with E-state index >= 15 is 0 Å². The Kier molecular flexibility index (Phi) is 3.65. The van der Waals surface area contributed by atoms with Crippen molar-refractivity contribution in [1.29, 1.82) is 0 Å². The Balaban J connectivity index is 2.63. The Morgan fingerprint density at radius 1 is 1.45 bits per heavy atom.